The number of carbonyl (C=O) groups excluding carboxylic acids is 1. The van der Waals surface area contributed by atoms with Crippen LogP contribution in [-0.2, 0) is 4.74 Å². The molecule has 1 aromatic rings. The van der Waals surface area contributed by atoms with Crippen LogP contribution in [0.5, 0.6) is 0 Å². The molecule has 1 heterocycles. The topological polar surface area (TPSA) is 50.4 Å². The van der Waals surface area contributed by atoms with Gasteiger partial charge in [-0.3, -0.25) is 0 Å². The Morgan fingerprint density at radius 2 is 2.30 bits per heavy atom. The summed E-state index contributed by atoms with van der Waals surface area (Å²) in [5.74, 6) is 0. The Morgan fingerprint density at radius 3 is 2.95 bits per heavy atom. The van der Waals surface area contributed by atoms with Crippen LogP contribution in [0.2, 0.25) is 10.0 Å². The van der Waals surface area contributed by atoms with E-state index in [1.165, 1.54) is 0 Å². The fourth-order valence-corrected chi connectivity index (χ4v) is 2.76. The van der Waals surface area contributed by atoms with Crippen molar-refractivity contribution in [2.75, 3.05) is 13.2 Å². The van der Waals surface area contributed by atoms with Crippen LogP contribution in [0.15, 0.2) is 18.2 Å². The molecule has 0 aliphatic carbocycles. The number of carbonyl (C=O) groups is 1. The second-order valence-corrected chi connectivity index (χ2v) is 5.72. The fraction of sp³-hybridized carbons (Fsp3) is 0.500. The summed E-state index contributed by atoms with van der Waals surface area (Å²) in [7, 11) is 0. The Kier molecular flexibility index (Phi) is 5.52. The van der Waals surface area contributed by atoms with Crippen molar-refractivity contribution in [1.82, 2.24) is 10.6 Å². The Labute approximate surface area is 128 Å². The molecule has 0 saturated carbocycles. The van der Waals surface area contributed by atoms with Crippen molar-refractivity contribution in [3.8, 4) is 0 Å². The summed E-state index contributed by atoms with van der Waals surface area (Å²) >= 11 is 12.0. The zero-order valence-electron chi connectivity index (χ0n) is 11.3. The number of hydrogen-bond acceptors (Lipinski definition) is 2. The van der Waals surface area contributed by atoms with E-state index in [2.05, 4.69) is 10.6 Å². The molecular weight excluding hydrogens is 299 g/mol. The van der Waals surface area contributed by atoms with Gasteiger partial charge in [-0.1, -0.05) is 29.3 Å². The van der Waals surface area contributed by atoms with E-state index in [9.17, 15) is 4.79 Å². The summed E-state index contributed by atoms with van der Waals surface area (Å²) in [4.78, 5) is 11.8. The van der Waals surface area contributed by atoms with Crippen LogP contribution in [0.4, 0.5) is 4.79 Å². The smallest absolute Gasteiger partial charge is 0.315 e. The van der Waals surface area contributed by atoms with Gasteiger partial charge < -0.3 is 15.4 Å². The number of amides is 2. The molecule has 2 rings (SSSR count). The van der Waals surface area contributed by atoms with Crippen LogP contribution < -0.4 is 10.6 Å². The summed E-state index contributed by atoms with van der Waals surface area (Å²) < 4.78 is 5.45. The molecule has 0 aromatic heterocycles. The predicted octanol–water partition coefficient (Wildman–Crippen LogP) is 3.53. The molecular formula is C14H18Cl2N2O2. The molecule has 4 nitrogen and oxygen atoms in total. The van der Waals surface area contributed by atoms with E-state index in [-0.39, 0.29) is 18.2 Å². The molecule has 0 bridgehead atoms. The summed E-state index contributed by atoms with van der Waals surface area (Å²) in [6, 6.07) is 4.82. The van der Waals surface area contributed by atoms with Crippen LogP contribution in [0, 0.1) is 0 Å². The first-order valence-corrected chi connectivity index (χ1v) is 7.43. The molecule has 2 amide bonds. The van der Waals surface area contributed by atoms with Crippen molar-refractivity contribution in [3.05, 3.63) is 33.8 Å². The Balaban J connectivity index is 1.83. The highest BCUT2D eigenvalue weighted by Crippen LogP contribution is 2.25. The van der Waals surface area contributed by atoms with E-state index in [1.807, 2.05) is 13.0 Å². The summed E-state index contributed by atoms with van der Waals surface area (Å²) in [5.41, 5.74) is 0.836. The second kappa shape index (κ2) is 7.16. The van der Waals surface area contributed by atoms with Crippen molar-refractivity contribution >= 4 is 29.2 Å². The highest BCUT2D eigenvalue weighted by atomic mass is 35.5. The summed E-state index contributed by atoms with van der Waals surface area (Å²) in [6.45, 7) is 3.19. The minimum Gasteiger partial charge on any atom is -0.376 e. The maximum absolute atomic E-state index is 11.8. The lowest BCUT2D eigenvalue weighted by Gasteiger charge is -2.17. The van der Waals surface area contributed by atoms with Gasteiger partial charge in [-0.15, -0.1) is 0 Å². The average Bonchev–Trinajstić information content (AvgIpc) is 2.89. The lowest BCUT2D eigenvalue weighted by atomic mass is 10.1. The third kappa shape index (κ3) is 4.27. The van der Waals surface area contributed by atoms with E-state index in [0.29, 0.717) is 16.6 Å². The molecule has 0 radical (unpaired) electrons. The number of urea groups is 1. The number of nitrogens with one attached hydrogen (secondary N) is 2. The Bertz CT molecular complexity index is 476. The van der Waals surface area contributed by atoms with Gasteiger partial charge in [-0.2, -0.15) is 0 Å². The normalized spacial score (nSPS) is 19.6. The van der Waals surface area contributed by atoms with Gasteiger partial charge in [0.2, 0.25) is 0 Å². The van der Waals surface area contributed by atoms with Gasteiger partial charge in [-0.05, 0) is 37.5 Å². The highest BCUT2D eigenvalue weighted by molar-refractivity contribution is 6.35. The molecule has 1 aliphatic heterocycles. The molecule has 1 fully saturated rings. The average molecular weight is 317 g/mol. The Morgan fingerprint density at radius 1 is 1.50 bits per heavy atom. The third-order valence-electron chi connectivity index (χ3n) is 3.29. The molecule has 2 atom stereocenters. The molecule has 0 spiro atoms. The first-order valence-electron chi connectivity index (χ1n) is 6.67. The first-order chi connectivity index (χ1) is 9.56. The number of ether oxygens (including phenoxy) is 1. The molecule has 1 aliphatic rings. The molecule has 2 unspecified atom stereocenters. The maximum Gasteiger partial charge on any atom is 0.315 e. The SMILES string of the molecule is CC(NC(=O)NCC1CCCO1)c1ccc(Cl)cc1Cl. The first kappa shape index (κ1) is 15.4. The van der Waals surface area contributed by atoms with Crippen molar-refractivity contribution in [2.24, 2.45) is 0 Å². The van der Waals surface area contributed by atoms with Crippen LogP contribution in [0.25, 0.3) is 0 Å². The van der Waals surface area contributed by atoms with Gasteiger partial charge in [0.05, 0.1) is 12.1 Å². The maximum atomic E-state index is 11.8. The van der Waals surface area contributed by atoms with Crippen LogP contribution in [0.3, 0.4) is 0 Å². The van der Waals surface area contributed by atoms with E-state index >= 15 is 0 Å². The number of halogens is 2. The van der Waals surface area contributed by atoms with E-state index in [1.54, 1.807) is 12.1 Å². The number of rotatable bonds is 4. The molecule has 1 aromatic carbocycles. The zero-order valence-corrected chi connectivity index (χ0v) is 12.8. The third-order valence-corrected chi connectivity index (χ3v) is 3.85. The fourth-order valence-electron chi connectivity index (χ4n) is 2.19. The van der Waals surface area contributed by atoms with Crippen molar-refractivity contribution in [1.29, 1.82) is 0 Å². The van der Waals surface area contributed by atoms with Gasteiger partial charge in [0.25, 0.3) is 0 Å². The summed E-state index contributed by atoms with van der Waals surface area (Å²) in [5, 5.41) is 6.78. The molecule has 1 saturated heterocycles. The van der Waals surface area contributed by atoms with Crippen LogP contribution in [-0.4, -0.2) is 25.3 Å². The van der Waals surface area contributed by atoms with Crippen molar-refractivity contribution in [3.63, 3.8) is 0 Å². The molecule has 20 heavy (non-hydrogen) atoms. The van der Waals surface area contributed by atoms with Crippen molar-refractivity contribution < 1.29 is 9.53 Å². The molecule has 6 heteroatoms. The monoisotopic (exact) mass is 316 g/mol. The largest absolute Gasteiger partial charge is 0.376 e. The quantitative estimate of drug-likeness (QED) is 0.892. The van der Waals surface area contributed by atoms with Gasteiger partial charge in [-0.25, -0.2) is 4.79 Å². The van der Waals surface area contributed by atoms with E-state index in [4.69, 9.17) is 27.9 Å². The Hall–Kier alpha value is -0.970. The van der Waals surface area contributed by atoms with E-state index < -0.39 is 0 Å². The van der Waals surface area contributed by atoms with Crippen LogP contribution in [0.1, 0.15) is 31.4 Å². The van der Waals surface area contributed by atoms with E-state index in [0.717, 1.165) is 25.0 Å². The van der Waals surface area contributed by atoms with Gasteiger partial charge >= 0.3 is 6.03 Å². The van der Waals surface area contributed by atoms with Gasteiger partial charge in [0.15, 0.2) is 0 Å². The minimum absolute atomic E-state index is 0.134. The number of hydrogen-bond donors (Lipinski definition) is 2. The lowest BCUT2D eigenvalue weighted by molar-refractivity contribution is 0.111. The van der Waals surface area contributed by atoms with Gasteiger partial charge in [0, 0.05) is 23.2 Å². The molecule has 2 N–H and O–H groups in total. The van der Waals surface area contributed by atoms with Crippen molar-refractivity contribution in [2.45, 2.75) is 31.9 Å². The number of benzene rings is 1. The predicted molar refractivity (Wildman–Crippen MR) is 80.4 cm³/mol. The minimum atomic E-state index is -0.223. The standard InChI is InChI=1S/C14H18Cl2N2O2/c1-9(12-5-4-10(15)7-13(12)16)18-14(19)17-8-11-3-2-6-20-11/h4-5,7,9,11H,2-3,6,8H2,1H3,(H2,17,18,19). The second-order valence-electron chi connectivity index (χ2n) is 4.88. The zero-order chi connectivity index (χ0) is 14.5. The lowest BCUT2D eigenvalue weighted by Crippen LogP contribution is -2.40. The molecule has 110 valence electrons. The van der Waals surface area contributed by atoms with Crippen LogP contribution >= 0.6 is 23.2 Å². The highest BCUT2D eigenvalue weighted by Gasteiger charge is 2.17. The summed E-state index contributed by atoms with van der Waals surface area (Å²) in [6.07, 6.45) is 2.19. The van der Waals surface area contributed by atoms with Gasteiger partial charge in [0.1, 0.15) is 0 Å².